The van der Waals surface area contributed by atoms with Crippen molar-refractivity contribution in [2.24, 2.45) is 0 Å². The molecule has 36 heavy (non-hydrogen) atoms. The van der Waals surface area contributed by atoms with Crippen LogP contribution in [0.1, 0.15) is 142 Å². The maximum Gasteiger partial charge on any atom is 0.320 e. The van der Waals surface area contributed by atoms with Crippen LogP contribution in [0.5, 0.6) is 0 Å². The number of carbonyl (C=O) groups is 1. The van der Waals surface area contributed by atoms with Crippen molar-refractivity contribution >= 4 is 6.03 Å². The zero-order chi connectivity index (χ0) is 26.3. The Morgan fingerprint density at radius 1 is 0.694 bits per heavy atom. The molecule has 1 aliphatic heterocycles. The van der Waals surface area contributed by atoms with Gasteiger partial charge in [-0.3, -0.25) is 0 Å². The van der Waals surface area contributed by atoms with E-state index in [2.05, 4.69) is 30.8 Å². The van der Waals surface area contributed by atoms with Gasteiger partial charge in [0.25, 0.3) is 0 Å². The van der Waals surface area contributed by atoms with Crippen molar-refractivity contribution in [3.05, 3.63) is 0 Å². The summed E-state index contributed by atoms with van der Waals surface area (Å²) in [6.45, 7) is 5.74. The smallest absolute Gasteiger partial charge is 0.320 e. The van der Waals surface area contributed by atoms with Gasteiger partial charge in [-0.25, -0.2) is 9.90 Å². The second-order valence-corrected chi connectivity index (χ2v) is 11.6. The Morgan fingerprint density at radius 3 is 1.69 bits per heavy atom. The monoisotopic (exact) mass is 508 g/mol. The van der Waals surface area contributed by atoms with Crippen LogP contribution < -0.4 is 0 Å². The summed E-state index contributed by atoms with van der Waals surface area (Å²) in [5, 5.41) is 11.3. The molecule has 1 radical (unpaired) electrons. The summed E-state index contributed by atoms with van der Waals surface area (Å²) in [4.78, 5) is 19.7. The lowest BCUT2D eigenvalue weighted by Gasteiger charge is -2.39. The Hall–Kier alpha value is -0.810. The van der Waals surface area contributed by atoms with Gasteiger partial charge in [-0.1, -0.05) is 103 Å². The summed E-state index contributed by atoms with van der Waals surface area (Å²) in [5.74, 6) is 0. The van der Waals surface area contributed by atoms with E-state index < -0.39 is 0 Å². The Bertz CT molecular complexity index is 498. The molecule has 2 amide bonds. The number of unbranched alkanes of at least 4 members (excludes halogenated alkanes) is 15. The SMILES string of the molecule is CCCCCCCCCCCCCCCCCCN(CCCN(C)C)C(=O)N1CCCCC1CC[O]. The quantitative estimate of drug-likeness (QED) is 0.130. The molecule has 0 aromatic heterocycles. The van der Waals surface area contributed by atoms with Crippen molar-refractivity contribution in [1.82, 2.24) is 14.7 Å². The van der Waals surface area contributed by atoms with Gasteiger partial charge in [0.15, 0.2) is 0 Å². The van der Waals surface area contributed by atoms with Crippen molar-refractivity contribution in [2.75, 3.05) is 46.9 Å². The van der Waals surface area contributed by atoms with Gasteiger partial charge in [0.1, 0.15) is 0 Å². The first-order chi connectivity index (χ1) is 17.6. The topological polar surface area (TPSA) is 46.7 Å². The molecule has 213 valence electrons. The molecule has 0 N–H and O–H groups in total. The molecule has 0 aliphatic carbocycles. The number of amides is 2. The van der Waals surface area contributed by atoms with E-state index in [0.29, 0.717) is 6.42 Å². The van der Waals surface area contributed by atoms with Gasteiger partial charge in [0.2, 0.25) is 0 Å². The highest BCUT2D eigenvalue weighted by atomic mass is 16.3. The molecule has 1 saturated heterocycles. The number of carbonyl (C=O) groups excluding carboxylic acids is 1. The van der Waals surface area contributed by atoms with E-state index in [1.165, 1.54) is 96.3 Å². The van der Waals surface area contributed by atoms with Crippen LogP contribution in [0.25, 0.3) is 0 Å². The van der Waals surface area contributed by atoms with Gasteiger partial charge in [0, 0.05) is 25.7 Å². The highest BCUT2D eigenvalue weighted by Crippen LogP contribution is 2.22. The molecule has 0 spiro atoms. The molecule has 0 aromatic rings. The first-order valence-corrected chi connectivity index (χ1v) is 15.9. The van der Waals surface area contributed by atoms with Gasteiger partial charge in [0.05, 0.1) is 6.61 Å². The van der Waals surface area contributed by atoms with Crippen LogP contribution in [-0.2, 0) is 5.11 Å². The normalized spacial score (nSPS) is 16.1. The summed E-state index contributed by atoms with van der Waals surface area (Å²) in [5.41, 5.74) is 0. The first-order valence-electron chi connectivity index (χ1n) is 15.9. The van der Waals surface area contributed by atoms with Crippen molar-refractivity contribution in [3.8, 4) is 0 Å². The molecule has 0 bridgehead atoms. The Labute approximate surface area is 225 Å². The number of nitrogens with zero attached hydrogens (tertiary/aromatic N) is 3. The maximum absolute atomic E-state index is 13.4. The fourth-order valence-electron chi connectivity index (χ4n) is 5.60. The van der Waals surface area contributed by atoms with E-state index in [4.69, 9.17) is 0 Å². The summed E-state index contributed by atoms with van der Waals surface area (Å²) >= 11 is 0. The third-order valence-corrected chi connectivity index (χ3v) is 7.91. The van der Waals surface area contributed by atoms with Gasteiger partial charge in [-0.2, -0.15) is 0 Å². The third kappa shape index (κ3) is 16.8. The van der Waals surface area contributed by atoms with Crippen LogP contribution in [0.15, 0.2) is 0 Å². The summed E-state index contributed by atoms with van der Waals surface area (Å²) < 4.78 is 0. The van der Waals surface area contributed by atoms with E-state index in [1.807, 2.05) is 4.90 Å². The van der Waals surface area contributed by atoms with Crippen LogP contribution >= 0.6 is 0 Å². The molecule has 1 atom stereocenters. The van der Waals surface area contributed by atoms with Crippen LogP contribution in [0.4, 0.5) is 4.79 Å². The molecule has 0 aromatic carbocycles. The predicted molar refractivity (Wildman–Crippen MR) is 154 cm³/mol. The first kappa shape index (κ1) is 33.2. The minimum atomic E-state index is -0.0752. The lowest BCUT2D eigenvalue weighted by atomic mass is 10.00. The lowest BCUT2D eigenvalue weighted by Crippen LogP contribution is -2.51. The van der Waals surface area contributed by atoms with E-state index in [-0.39, 0.29) is 18.7 Å². The van der Waals surface area contributed by atoms with Crippen molar-refractivity contribution in [1.29, 1.82) is 0 Å². The number of hydrogen-bond acceptors (Lipinski definition) is 2. The van der Waals surface area contributed by atoms with E-state index in [0.717, 1.165) is 58.3 Å². The van der Waals surface area contributed by atoms with E-state index in [1.54, 1.807) is 0 Å². The molecule has 5 nitrogen and oxygen atoms in total. The Morgan fingerprint density at radius 2 is 1.19 bits per heavy atom. The van der Waals surface area contributed by atoms with Crippen LogP contribution in [0, 0.1) is 0 Å². The molecule has 1 aliphatic rings. The van der Waals surface area contributed by atoms with Crippen LogP contribution in [-0.4, -0.2) is 73.7 Å². The molecular weight excluding hydrogens is 446 g/mol. The van der Waals surface area contributed by atoms with Gasteiger partial charge in [-0.15, -0.1) is 0 Å². The van der Waals surface area contributed by atoms with Crippen LogP contribution in [0.2, 0.25) is 0 Å². The van der Waals surface area contributed by atoms with Crippen molar-refractivity contribution in [2.45, 2.75) is 148 Å². The van der Waals surface area contributed by atoms with E-state index in [9.17, 15) is 9.90 Å². The average molecular weight is 509 g/mol. The highest BCUT2D eigenvalue weighted by Gasteiger charge is 2.29. The zero-order valence-electron chi connectivity index (χ0n) is 24.6. The Balaban J connectivity index is 2.16. The third-order valence-electron chi connectivity index (χ3n) is 7.91. The predicted octanol–water partition coefficient (Wildman–Crippen LogP) is 8.30. The second kappa shape index (κ2) is 23.3. The number of urea groups is 1. The zero-order valence-corrected chi connectivity index (χ0v) is 24.6. The Kier molecular flexibility index (Phi) is 21.5. The molecule has 5 heteroatoms. The largest absolute Gasteiger partial charge is 0.325 e. The number of likely N-dealkylation sites (tertiary alicyclic amines) is 1. The fourth-order valence-corrected chi connectivity index (χ4v) is 5.60. The fraction of sp³-hybridized carbons (Fsp3) is 0.968. The molecule has 1 rings (SSSR count). The molecule has 1 fully saturated rings. The number of rotatable bonds is 23. The standard InChI is InChI=1S/C31H62N3O2/c1-4-5-6-7-8-9-10-11-12-13-14-15-16-17-18-20-26-33(27-22-25-32(2)3)31(36)34-28-21-19-23-30(34)24-29-35/h30H,4-29H2,1-3H3. The molecule has 0 saturated carbocycles. The summed E-state index contributed by atoms with van der Waals surface area (Å²) in [6.07, 6.45) is 26.8. The number of piperidine rings is 1. The highest BCUT2D eigenvalue weighted by molar-refractivity contribution is 5.75. The second-order valence-electron chi connectivity index (χ2n) is 11.6. The summed E-state index contributed by atoms with van der Waals surface area (Å²) in [6, 6.07) is 0.346. The molecule has 1 unspecified atom stereocenters. The molecular formula is C31H62N3O2. The van der Waals surface area contributed by atoms with Crippen molar-refractivity contribution < 1.29 is 9.90 Å². The minimum Gasteiger partial charge on any atom is -0.325 e. The minimum absolute atomic E-state index is 0.0752. The summed E-state index contributed by atoms with van der Waals surface area (Å²) in [7, 11) is 4.19. The lowest BCUT2D eigenvalue weighted by molar-refractivity contribution is 0.0903. The average Bonchev–Trinajstić information content (AvgIpc) is 2.87. The van der Waals surface area contributed by atoms with Gasteiger partial charge >= 0.3 is 6.03 Å². The van der Waals surface area contributed by atoms with Gasteiger partial charge < -0.3 is 14.7 Å². The van der Waals surface area contributed by atoms with Crippen molar-refractivity contribution in [3.63, 3.8) is 0 Å². The molecule has 1 heterocycles. The number of hydrogen-bond donors (Lipinski definition) is 0. The van der Waals surface area contributed by atoms with Crippen LogP contribution in [0.3, 0.4) is 0 Å². The van der Waals surface area contributed by atoms with Gasteiger partial charge in [-0.05, 0) is 59.2 Å². The van der Waals surface area contributed by atoms with E-state index >= 15 is 0 Å². The maximum atomic E-state index is 13.4.